The molecule has 1 aromatic heterocycles. The van der Waals surface area contributed by atoms with Crippen LogP contribution in [0, 0.1) is 13.8 Å². The van der Waals surface area contributed by atoms with Crippen molar-refractivity contribution in [1.29, 1.82) is 0 Å². The third-order valence-corrected chi connectivity index (χ3v) is 5.27. The van der Waals surface area contributed by atoms with E-state index < -0.39 is 6.03 Å². The third kappa shape index (κ3) is 3.26. The molecule has 28 heavy (non-hydrogen) atoms. The Morgan fingerprint density at radius 1 is 1.14 bits per heavy atom. The fourth-order valence-corrected chi connectivity index (χ4v) is 3.98. The van der Waals surface area contributed by atoms with Gasteiger partial charge in [0.05, 0.1) is 5.56 Å². The van der Waals surface area contributed by atoms with Gasteiger partial charge in [0.15, 0.2) is 11.5 Å². The first kappa shape index (κ1) is 18.2. The number of carbonyl (C=O) groups is 2. The van der Waals surface area contributed by atoms with Crippen molar-refractivity contribution in [3.8, 4) is 17.2 Å². The first-order valence-electron chi connectivity index (χ1n) is 9.38. The average molecular weight is 384 g/mol. The summed E-state index contributed by atoms with van der Waals surface area (Å²) in [5.41, 5.74) is 8.60. The fourth-order valence-electron chi connectivity index (χ4n) is 3.98. The van der Waals surface area contributed by atoms with Crippen LogP contribution in [0.4, 0.5) is 4.79 Å². The van der Waals surface area contributed by atoms with Crippen LogP contribution in [-0.2, 0) is 0 Å². The number of nitrogens with two attached hydrogens (primary N) is 1. The molecule has 3 N–H and O–H groups in total. The number of nitrogens with one attached hydrogen (secondary N) is 1. The normalized spacial score (nSPS) is 18.2. The van der Waals surface area contributed by atoms with Gasteiger partial charge in [-0.2, -0.15) is 0 Å². The number of hydrogen-bond acceptors (Lipinski definition) is 4. The number of nitrogens with zero attached hydrogens (tertiary/aromatic N) is 2. The Labute approximate surface area is 163 Å². The summed E-state index contributed by atoms with van der Waals surface area (Å²) in [5.74, 6) is 1.41. The molecule has 1 atom stereocenters. The molecule has 0 spiro atoms. The van der Waals surface area contributed by atoms with Crippen molar-refractivity contribution in [3.05, 3.63) is 41.2 Å². The highest BCUT2D eigenvalue weighted by molar-refractivity contribution is 5.96. The number of likely N-dealkylation sites (tertiary alicyclic amines) is 1. The van der Waals surface area contributed by atoms with Crippen LogP contribution >= 0.6 is 0 Å². The molecule has 1 saturated heterocycles. The Hall–Kier alpha value is -3.16. The highest BCUT2D eigenvalue weighted by Gasteiger charge is 2.29. The second-order valence-electron chi connectivity index (χ2n) is 7.19. The lowest BCUT2D eigenvalue weighted by atomic mass is 10.2. The number of fused-ring (bicyclic) bond motifs is 1. The molecular weight excluding hydrogens is 360 g/mol. The number of rotatable bonds is 3. The molecule has 1 aromatic carbocycles. The fraction of sp³-hybridized carbons (Fsp3) is 0.400. The smallest absolute Gasteiger partial charge is 0.312 e. The topological polar surface area (TPSA) is 98.8 Å². The number of aryl methyl sites for hydroxylation is 1. The lowest BCUT2D eigenvalue weighted by Crippen LogP contribution is -2.41. The first-order valence-corrected chi connectivity index (χ1v) is 9.38. The van der Waals surface area contributed by atoms with Crippen LogP contribution in [0.25, 0.3) is 5.69 Å². The summed E-state index contributed by atoms with van der Waals surface area (Å²) in [6.07, 6.45) is 0.704. The van der Waals surface area contributed by atoms with Crippen molar-refractivity contribution >= 4 is 11.9 Å². The zero-order valence-electron chi connectivity index (χ0n) is 16.0. The summed E-state index contributed by atoms with van der Waals surface area (Å²) in [4.78, 5) is 25.9. The number of benzene rings is 1. The van der Waals surface area contributed by atoms with Crippen molar-refractivity contribution < 1.29 is 19.1 Å². The molecule has 2 aliphatic rings. The van der Waals surface area contributed by atoms with Gasteiger partial charge in [-0.05, 0) is 38.5 Å². The van der Waals surface area contributed by atoms with Crippen molar-refractivity contribution in [2.45, 2.75) is 26.3 Å². The predicted octanol–water partition coefficient (Wildman–Crippen LogP) is 1.75. The number of urea groups is 1. The molecule has 3 heterocycles. The van der Waals surface area contributed by atoms with E-state index in [1.807, 2.05) is 42.7 Å². The molecule has 0 bridgehead atoms. The van der Waals surface area contributed by atoms with Crippen LogP contribution in [0.2, 0.25) is 0 Å². The molecule has 3 amide bonds. The van der Waals surface area contributed by atoms with Gasteiger partial charge >= 0.3 is 6.03 Å². The lowest BCUT2D eigenvalue weighted by molar-refractivity contribution is 0.0788. The van der Waals surface area contributed by atoms with E-state index in [-0.39, 0.29) is 11.9 Å². The van der Waals surface area contributed by atoms with E-state index in [2.05, 4.69) is 5.32 Å². The van der Waals surface area contributed by atoms with Gasteiger partial charge in [0.25, 0.3) is 5.91 Å². The number of hydrogen-bond donors (Lipinski definition) is 2. The zero-order chi connectivity index (χ0) is 19.8. The van der Waals surface area contributed by atoms with E-state index in [0.29, 0.717) is 44.0 Å². The Balaban J connectivity index is 1.59. The van der Waals surface area contributed by atoms with E-state index in [1.165, 1.54) is 0 Å². The first-order chi connectivity index (χ1) is 13.4. The number of amides is 3. The summed E-state index contributed by atoms with van der Waals surface area (Å²) in [5, 5.41) is 2.68. The monoisotopic (exact) mass is 384 g/mol. The summed E-state index contributed by atoms with van der Waals surface area (Å²) >= 11 is 0. The Kier molecular flexibility index (Phi) is 4.62. The molecule has 148 valence electrons. The van der Waals surface area contributed by atoms with Gasteiger partial charge < -0.3 is 30.0 Å². The number of carbonyl (C=O) groups excluding carboxylic acids is 2. The summed E-state index contributed by atoms with van der Waals surface area (Å²) < 4.78 is 13.3. The van der Waals surface area contributed by atoms with Crippen LogP contribution in [0.5, 0.6) is 11.5 Å². The summed E-state index contributed by atoms with van der Waals surface area (Å²) in [6, 6.07) is 7.04. The molecule has 2 aliphatic heterocycles. The SMILES string of the molecule is Cc1cc(C(=O)N2CCC(NC(N)=O)C2)c(C)n1-c1ccc2c(c1)OCCO2. The maximum Gasteiger partial charge on any atom is 0.312 e. The predicted molar refractivity (Wildman–Crippen MR) is 103 cm³/mol. The molecule has 1 fully saturated rings. The zero-order valence-corrected chi connectivity index (χ0v) is 16.0. The Bertz CT molecular complexity index is 937. The van der Waals surface area contributed by atoms with Crippen LogP contribution in [-0.4, -0.2) is 53.8 Å². The van der Waals surface area contributed by atoms with E-state index in [4.69, 9.17) is 15.2 Å². The van der Waals surface area contributed by atoms with Crippen LogP contribution in [0.1, 0.15) is 28.2 Å². The standard InChI is InChI=1S/C20H24N4O4/c1-12-9-16(19(25)23-6-5-14(11-23)22-20(21)26)13(2)24(12)15-3-4-17-18(10-15)28-8-7-27-17/h3-4,9-10,14H,5-8,11H2,1-2H3,(H3,21,22,26). The van der Waals surface area contributed by atoms with E-state index in [0.717, 1.165) is 22.8 Å². The lowest BCUT2D eigenvalue weighted by Gasteiger charge is -2.20. The Morgan fingerprint density at radius 3 is 2.64 bits per heavy atom. The second kappa shape index (κ2) is 7.10. The second-order valence-corrected chi connectivity index (χ2v) is 7.19. The molecule has 1 unspecified atom stereocenters. The minimum atomic E-state index is -0.559. The quantitative estimate of drug-likeness (QED) is 0.842. The molecular formula is C20H24N4O4. The number of primary amides is 1. The van der Waals surface area contributed by atoms with Crippen molar-refractivity contribution in [2.75, 3.05) is 26.3 Å². The van der Waals surface area contributed by atoms with Crippen LogP contribution in [0.15, 0.2) is 24.3 Å². The van der Waals surface area contributed by atoms with E-state index >= 15 is 0 Å². The van der Waals surface area contributed by atoms with Gasteiger partial charge in [0.1, 0.15) is 13.2 Å². The van der Waals surface area contributed by atoms with Gasteiger partial charge in [-0.3, -0.25) is 4.79 Å². The van der Waals surface area contributed by atoms with Crippen LogP contribution < -0.4 is 20.5 Å². The molecule has 8 heteroatoms. The largest absolute Gasteiger partial charge is 0.486 e. The maximum absolute atomic E-state index is 13.1. The Morgan fingerprint density at radius 2 is 1.89 bits per heavy atom. The maximum atomic E-state index is 13.1. The minimum absolute atomic E-state index is 0.0364. The van der Waals surface area contributed by atoms with Gasteiger partial charge in [-0.15, -0.1) is 0 Å². The summed E-state index contributed by atoms with van der Waals surface area (Å²) in [6.45, 7) is 6.05. The van der Waals surface area contributed by atoms with Gasteiger partial charge in [-0.1, -0.05) is 0 Å². The number of ether oxygens (including phenoxy) is 2. The molecule has 4 rings (SSSR count). The molecule has 2 aromatic rings. The van der Waals surface area contributed by atoms with Gasteiger partial charge in [0, 0.05) is 42.3 Å². The van der Waals surface area contributed by atoms with Crippen LogP contribution in [0.3, 0.4) is 0 Å². The van der Waals surface area contributed by atoms with E-state index in [1.54, 1.807) is 4.90 Å². The molecule has 0 radical (unpaired) electrons. The molecule has 0 aliphatic carbocycles. The van der Waals surface area contributed by atoms with Crippen molar-refractivity contribution in [2.24, 2.45) is 5.73 Å². The third-order valence-electron chi connectivity index (χ3n) is 5.27. The highest BCUT2D eigenvalue weighted by Crippen LogP contribution is 2.33. The van der Waals surface area contributed by atoms with Crippen molar-refractivity contribution in [3.63, 3.8) is 0 Å². The molecule has 8 nitrogen and oxygen atoms in total. The van der Waals surface area contributed by atoms with Crippen molar-refractivity contribution in [1.82, 2.24) is 14.8 Å². The van der Waals surface area contributed by atoms with E-state index in [9.17, 15) is 9.59 Å². The van der Waals surface area contributed by atoms with Gasteiger partial charge in [-0.25, -0.2) is 4.79 Å². The minimum Gasteiger partial charge on any atom is -0.486 e. The highest BCUT2D eigenvalue weighted by atomic mass is 16.6. The van der Waals surface area contributed by atoms with Gasteiger partial charge in [0.2, 0.25) is 0 Å². The number of aromatic nitrogens is 1. The summed E-state index contributed by atoms with van der Waals surface area (Å²) in [7, 11) is 0. The average Bonchev–Trinajstić information content (AvgIpc) is 3.24. The molecule has 0 saturated carbocycles.